The van der Waals surface area contributed by atoms with Crippen molar-refractivity contribution in [2.75, 3.05) is 39.5 Å². The fourth-order valence-electron chi connectivity index (χ4n) is 4.93. The molecule has 4 unspecified atom stereocenters. The summed E-state index contributed by atoms with van der Waals surface area (Å²) in [5.74, 6) is -7.63. The molecule has 0 aromatic carbocycles. The molecule has 0 aromatic heterocycles. The van der Waals surface area contributed by atoms with Gasteiger partial charge in [-0.15, -0.1) is 0 Å². The number of aliphatic hydroxyl groups excluding tert-OH is 7. The van der Waals surface area contributed by atoms with Gasteiger partial charge in [0, 0.05) is 34.3 Å². The first-order chi connectivity index (χ1) is 26.6. The van der Waals surface area contributed by atoms with Gasteiger partial charge in [-0.05, 0) is 13.8 Å². The first-order valence-electron chi connectivity index (χ1n) is 17.1. The summed E-state index contributed by atoms with van der Waals surface area (Å²) in [6.07, 6.45) is -19.7. The Kier molecular flexibility index (Phi) is 24.2. The third-order valence-electron chi connectivity index (χ3n) is 7.24. The number of esters is 5. The summed E-state index contributed by atoms with van der Waals surface area (Å²) < 4.78 is 35.5. The lowest BCUT2D eigenvalue weighted by atomic mass is 9.91. The summed E-state index contributed by atoms with van der Waals surface area (Å²) in [5.41, 5.74) is 0. The minimum Gasteiger partial charge on any atom is -0.480 e. The lowest BCUT2D eigenvalue weighted by Crippen LogP contribution is -2.66. The van der Waals surface area contributed by atoms with Crippen LogP contribution in [0.5, 0.6) is 0 Å². The van der Waals surface area contributed by atoms with Gasteiger partial charge in [0.25, 0.3) is 11.8 Å². The van der Waals surface area contributed by atoms with Crippen LogP contribution in [0, 0.1) is 0 Å². The van der Waals surface area contributed by atoms with Crippen molar-refractivity contribution in [3.05, 3.63) is 0 Å². The standard InChI is InChI=1S/C20H29NO13.C10H17NO9.C2H6O/c1-6-29-14(26)7-21-20(28)19(33-12(5)25)18-15(27)17(32-11(4)24)16(31-10(3)23)13(34-18)8-30-9(2)22;12-2-3-5(15)6(16)7(17)9(20-3)8(18)10(19)11-1-4(13)14;1-2-3/h13,15-19,27H,6-8H2,1-5H3,(H,21,28);3,5-9,12,15-18H,1-2H2,(H,11,19)(H,13,14);3H,2H2,1H3/t13-,15-,16-,17-,18?,19?;3-,5-,6+,7-,8?,9?;/m11./s1. The third kappa shape index (κ3) is 18.0. The second-order valence-corrected chi connectivity index (χ2v) is 11.8. The van der Waals surface area contributed by atoms with Crippen molar-refractivity contribution in [2.45, 2.75) is 115 Å². The normalized spacial score (nSPS) is 27.5. The zero-order valence-corrected chi connectivity index (χ0v) is 31.9. The average Bonchev–Trinajstić information content (AvgIpc) is 3.12. The minimum atomic E-state index is -1.97. The number of aliphatic hydroxyl groups is 7. The number of nitrogens with one attached hydrogen (secondary N) is 2. The number of rotatable bonds is 15. The zero-order valence-electron chi connectivity index (χ0n) is 31.9. The van der Waals surface area contributed by atoms with Gasteiger partial charge in [0.05, 0.1) is 13.2 Å². The number of carboxylic acid groups (broad SMARTS) is 1. The number of carbonyl (C=O) groups excluding carboxylic acids is 7. The van der Waals surface area contributed by atoms with Crippen molar-refractivity contribution >= 4 is 47.6 Å². The van der Waals surface area contributed by atoms with Gasteiger partial charge in [-0.25, -0.2) is 0 Å². The summed E-state index contributed by atoms with van der Waals surface area (Å²) in [4.78, 5) is 92.3. The Bertz CT molecular complexity index is 1350. The van der Waals surface area contributed by atoms with E-state index in [2.05, 4.69) is 5.32 Å². The highest BCUT2D eigenvalue weighted by Gasteiger charge is 2.54. The van der Waals surface area contributed by atoms with Gasteiger partial charge in [-0.3, -0.25) is 38.4 Å². The molecular weight excluding hydrogens is 780 g/mol. The first-order valence-corrected chi connectivity index (χ1v) is 17.1. The van der Waals surface area contributed by atoms with Crippen LogP contribution in [0.15, 0.2) is 0 Å². The van der Waals surface area contributed by atoms with E-state index in [0.29, 0.717) is 0 Å². The molecule has 2 rings (SSSR count). The number of amides is 2. The third-order valence-corrected chi connectivity index (χ3v) is 7.24. The molecule has 2 amide bonds. The van der Waals surface area contributed by atoms with Crippen molar-refractivity contribution in [3.8, 4) is 0 Å². The molecule has 25 nitrogen and oxygen atoms in total. The summed E-state index contributed by atoms with van der Waals surface area (Å²) in [5, 5.41) is 78.2. The number of aliphatic carboxylic acids is 1. The van der Waals surface area contributed by atoms with E-state index in [-0.39, 0.29) is 13.2 Å². The second kappa shape index (κ2) is 26.3. The maximum absolute atomic E-state index is 12.7. The smallest absolute Gasteiger partial charge is 0.325 e. The SMILES string of the molecule is CCO.CCOC(=O)CNC(=O)C(OC(C)=O)C1O[C@H](COC(C)=O)[C@@H](OC(C)=O)[C@H](OC(C)=O)[C@H]1O.O=C(O)CNC(=O)C(O)C1O[C@H](CO)[C@@H](O)[C@H](O)[C@H]1O. The summed E-state index contributed by atoms with van der Waals surface area (Å²) in [6, 6.07) is 0. The molecule has 10 N–H and O–H groups in total. The maximum Gasteiger partial charge on any atom is 0.325 e. The molecule has 0 saturated carbocycles. The van der Waals surface area contributed by atoms with Crippen LogP contribution in [0.2, 0.25) is 0 Å². The molecular formula is C32H52N2O23. The Morgan fingerprint density at radius 1 is 0.649 bits per heavy atom. The van der Waals surface area contributed by atoms with E-state index in [1.807, 2.05) is 5.32 Å². The largest absolute Gasteiger partial charge is 0.480 e. The Morgan fingerprint density at radius 3 is 1.65 bits per heavy atom. The predicted octanol–water partition coefficient (Wildman–Crippen LogP) is -6.46. The molecule has 57 heavy (non-hydrogen) atoms. The lowest BCUT2D eigenvalue weighted by molar-refractivity contribution is -0.261. The number of carboxylic acids is 1. The van der Waals surface area contributed by atoms with Crippen LogP contribution in [0.25, 0.3) is 0 Å². The van der Waals surface area contributed by atoms with Gasteiger partial charge in [0.2, 0.25) is 6.10 Å². The molecule has 2 fully saturated rings. The highest BCUT2D eigenvalue weighted by Crippen LogP contribution is 2.30. The minimum absolute atomic E-state index is 0.0615. The Labute approximate surface area is 325 Å². The monoisotopic (exact) mass is 832 g/mol. The molecule has 0 spiro atoms. The van der Waals surface area contributed by atoms with Crippen LogP contribution < -0.4 is 10.6 Å². The quantitative estimate of drug-likeness (QED) is 0.0542. The van der Waals surface area contributed by atoms with Crippen LogP contribution in [0.3, 0.4) is 0 Å². The van der Waals surface area contributed by atoms with Gasteiger partial charge in [0.15, 0.2) is 18.3 Å². The molecule has 0 radical (unpaired) electrons. The van der Waals surface area contributed by atoms with Crippen LogP contribution in [0.1, 0.15) is 41.5 Å². The van der Waals surface area contributed by atoms with E-state index in [1.165, 1.54) is 0 Å². The van der Waals surface area contributed by atoms with Gasteiger partial charge in [-0.2, -0.15) is 0 Å². The van der Waals surface area contributed by atoms with Crippen molar-refractivity contribution in [3.63, 3.8) is 0 Å². The van der Waals surface area contributed by atoms with Crippen LogP contribution >= 0.6 is 0 Å². The van der Waals surface area contributed by atoms with E-state index >= 15 is 0 Å². The first kappa shape index (κ1) is 52.4. The van der Waals surface area contributed by atoms with Crippen molar-refractivity contribution in [1.82, 2.24) is 10.6 Å². The predicted molar refractivity (Wildman–Crippen MR) is 181 cm³/mol. The molecule has 0 aromatic rings. The Hall–Kier alpha value is -4.60. The molecule has 12 atom stereocenters. The molecule has 2 aliphatic rings. The molecule has 2 saturated heterocycles. The van der Waals surface area contributed by atoms with E-state index in [9.17, 15) is 63.9 Å². The van der Waals surface area contributed by atoms with Crippen LogP contribution in [-0.2, 0) is 71.5 Å². The second-order valence-electron chi connectivity index (χ2n) is 11.8. The van der Waals surface area contributed by atoms with Crippen molar-refractivity contribution in [1.29, 1.82) is 0 Å². The number of ether oxygens (including phenoxy) is 7. The summed E-state index contributed by atoms with van der Waals surface area (Å²) >= 11 is 0. The molecule has 0 bridgehead atoms. The van der Waals surface area contributed by atoms with E-state index in [1.54, 1.807) is 13.8 Å². The van der Waals surface area contributed by atoms with Gasteiger partial charge in [0.1, 0.15) is 68.5 Å². The number of carbonyl (C=O) groups is 8. The van der Waals surface area contributed by atoms with E-state index in [4.69, 9.17) is 48.5 Å². The highest BCUT2D eigenvalue weighted by atomic mass is 16.6. The molecule has 328 valence electrons. The average molecular weight is 833 g/mol. The fraction of sp³-hybridized carbons (Fsp3) is 0.750. The van der Waals surface area contributed by atoms with E-state index in [0.717, 1.165) is 27.7 Å². The topological polar surface area (TPSA) is 387 Å². The van der Waals surface area contributed by atoms with E-state index < -0.39 is 147 Å². The van der Waals surface area contributed by atoms with Gasteiger partial charge >= 0.3 is 35.8 Å². The summed E-state index contributed by atoms with van der Waals surface area (Å²) in [7, 11) is 0. The van der Waals surface area contributed by atoms with Gasteiger partial charge < -0.3 is 84.6 Å². The molecule has 2 heterocycles. The molecule has 25 heteroatoms. The maximum atomic E-state index is 12.7. The zero-order chi connectivity index (χ0) is 44.2. The Balaban J connectivity index is 0.00000115. The van der Waals surface area contributed by atoms with Crippen LogP contribution in [0.4, 0.5) is 0 Å². The number of hydrogen-bond donors (Lipinski definition) is 10. The van der Waals surface area contributed by atoms with Crippen molar-refractivity contribution < 1.29 is 112 Å². The molecule has 0 aliphatic carbocycles. The Morgan fingerprint density at radius 2 is 1.18 bits per heavy atom. The molecule has 2 aliphatic heterocycles. The van der Waals surface area contributed by atoms with Crippen LogP contribution in [-0.4, -0.2) is 201 Å². The highest BCUT2D eigenvalue weighted by molar-refractivity contribution is 5.87. The fourth-order valence-corrected chi connectivity index (χ4v) is 4.93. The van der Waals surface area contributed by atoms with Crippen molar-refractivity contribution in [2.24, 2.45) is 0 Å². The summed E-state index contributed by atoms with van der Waals surface area (Å²) in [6.45, 7) is 5.18. The van der Waals surface area contributed by atoms with Gasteiger partial charge in [-0.1, -0.05) is 0 Å². The number of hydrogen-bond acceptors (Lipinski definition) is 22. The lowest BCUT2D eigenvalue weighted by Gasteiger charge is -2.44.